The number of hydrogen-bond acceptors (Lipinski definition) is 2. The molecule has 0 atom stereocenters. The number of fused-ring (bicyclic) bond motifs is 1. The third-order valence-corrected chi connectivity index (χ3v) is 4.93. The smallest absolute Gasteiger partial charge is 0.524 e. The van der Waals surface area contributed by atoms with Crippen molar-refractivity contribution in [1.82, 2.24) is 0 Å². The van der Waals surface area contributed by atoms with E-state index in [-0.39, 0.29) is 7.05 Å². The molecule has 124 valence electrons. The lowest BCUT2D eigenvalue weighted by atomic mass is 9.66. The van der Waals surface area contributed by atoms with E-state index >= 15 is 0 Å². The standard InChI is InChI=1S/C22H22BNO/c1-15-13-17(3)21(18(4)14-15)23-24(19-10-6-5-7-11-19)22-16(2)9-8-12-20(22)25-23/h5-14H,1-4H3. The van der Waals surface area contributed by atoms with Crippen LogP contribution in [0, 0.1) is 27.7 Å². The zero-order chi connectivity index (χ0) is 17.6. The Hall–Kier alpha value is -2.68. The van der Waals surface area contributed by atoms with Crippen LogP contribution in [-0.4, -0.2) is 7.05 Å². The predicted octanol–water partition coefficient (Wildman–Crippen LogP) is 4.85. The highest BCUT2D eigenvalue weighted by Crippen LogP contribution is 2.43. The number of anilines is 2. The van der Waals surface area contributed by atoms with Gasteiger partial charge < -0.3 is 9.47 Å². The third-order valence-electron chi connectivity index (χ3n) is 4.93. The molecule has 3 aromatic carbocycles. The van der Waals surface area contributed by atoms with E-state index in [9.17, 15) is 0 Å². The molecular formula is C22H22BNO. The van der Waals surface area contributed by atoms with Gasteiger partial charge in [0.15, 0.2) is 0 Å². The molecule has 0 amide bonds. The maximum absolute atomic E-state index is 6.47. The van der Waals surface area contributed by atoms with Crippen LogP contribution in [0.25, 0.3) is 0 Å². The lowest BCUT2D eigenvalue weighted by Gasteiger charge is -2.25. The number of hydrogen-bond donors (Lipinski definition) is 0. The highest BCUT2D eigenvalue weighted by molar-refractivity contribution is 6.75. The molecule has 0 N–H and O–H groups in total. The van der Waals surface area contributed by atoms with Crippen molar-refractivity contribution in [3.05, 3.63) is 82.9 Å². The molecule has 0 saturated heterocycles. The van der Waals surface area contributed by atoms with E-state index in [2.05, 4.69) is 93.2 Å². The van der Waals surface area contributed by atoms with Crippen LogP contribution < -0.4 is 14.9 Å². The summed E-state index contributed by atoms with van der Waals surface area (Å²) in [7, 11) is -0.140. The quantitative estimate of drug-likeness (QED) is 0.624. The summed E-state index contributed by atoms with van der Waals surface area (Å²) >= 11 is 0. The van der Waals surface area contributed by atoms with Gasteiger partial charge in [0.2, 0.25) is 0 Å². The van der Waals surface area contributed by atoms with Gasteiger partial charge in [0, 0.05) is 5.69 Å². The summed E-state index contributed by atoms with van der Waals surface area (Å²) in [5, 5.41) is 0. The minimum Gasteiger partial charge on any atom is -0.536 e. The minimum atomic E-state index is -0.140. The molecule has 1 heterocycles. The highest BCUT2D eigenvalue weighted by Gasteiger charge is 2.41. The highest BCUT2D eigenvalue weighted by atomic mass is 16.5. The Morgan fingerprint density at radius 1 is 0.760 bits per heavy atom. The SMILES string of the molecule is Cc1cc(C)c(B2Oc3cccc(C)c3N2c2ccccc2)c(C)c1. The van der Waals surface area contributed by atoms with Crippen molar-refractivity contribution in [2.75, 3.05) is 4.81 Å². The summed E-state index contributed by atoms with van der Waals surface area (Å²) in [6.45, 7) is 8.65. The van der Waals surface area contributed by atoms with Crippen molar-refractivity contribution >= 4 is 23.9 Å². The first-order chi connectivity index (χ1) is 12.1. The lowest BCUT2D eigenvalue weighted by molar-refractivity contribution is 0.603. The molecule has 25 heavy (non-hydrogen) atoms. The average molecular weight is 327 g/mol. The predicted molar refractivity (Wildman–Crippen MR) is 106 cm³/mol. The van der Waals surface area contributed by atoms with Crippen LogP contribution in [0.1, 0.15) is 22.3 Å². The fourth-order valence-electron chi connectivity index (χ4n) is 3.95. The molecule has 1 aliphatic rings. The normalized spacial score (nSPS) is 13.0. The van der Waals surface area contributed by atoms with E-state index in [1.165, 1.54) is 27.7 Å². The number of rotatable bonds is 2. The van der Waals surface area contributed by atoms with Crippen LogP contribution >= 0.6 is 0 Å². The van der Waals surface area contributed by atoms with Crippen molar-refractivity contribution in [3.63, 3.8) is 0 Å². The molecule has 0 fully saturated rings. The van der Waals surface area contributed by atoms with Gasteiger partial charge in [-0.1, -0.05) is 59.2 Å². The summed E-state index contributed by atoms with van der Waals surface area (Å²) in [6.07, 6.45) is 0. The maximum atomic E-state index is 6.47. The first kappa shape index (κ1) is 15.8. The van der Waals surface area contributed by atoms with E-state index in [0.717, 1.165) is 17.1 Å². The van der Waals surface area contributed by atoms with Crippen molar-refractivity contribution < 1.29 is 4.65 Å². The second-order valence-electron chi connectivity index (χ2n) is 6.91. The summed E-state index contributed by atoms with van der Waals surface area (Å²) < 4.78 is 6.47. The lowest BCUT2D eigenvalue weighted by Crippen LogP contribution is -2.49. The van der Waals surface area contributed by atoms with Gasteiger partial charge in [0.05, 0.1) is 5.69 Å². The maximum Gasteiger partial charge on any atom is 0.524 e. The molecule has 0 unspecified atom stereocenters. The molecule has 0 radical (unpaired) electrons. The van der Waals surface area contributed by atoms with Crippen LogP contribution in [0.2, 0.25) is 0 Å². The van der Waals surface area contributed by atoms with E-state index in [1.54, 1.807) is 0 Å². The largest absolute Gasteiger partial charge is 0.536 e. The minimum absolute atomic E-state index is 0.140. The molecule has 2 nitrogen and oxygen atoms in total. The van der Waals surface area contributed by atoms with Crippen LogP contribution in [0.4, 0.5) is 11.4 Å². The number of benzene rings is 3. The molecule has 0 bridgehead atoms. The van der Waals surface area contributed by atoms with E-state index in [4.69, 9.17) is 4.65 Å². The zero-order valence-corrected chi connectivity index (χ0v) is 15.2. The van der Waals surface area contributed by atoms with Gasteiger partial charge in [-0.25, -0.2) is 0 Å². The van der Waals surface area contributed by atoms with E-state index in [1.807, 2.05) is 0 Å². The second-order valence-corrected chi connectivity index (χ2v) is 6.91. The molecule has 0 aromatic heterocycles. The summed E-state index contributed by atoms with van der Waals surface area (Å²) in [5.74, 6) is 0.952. The second kappa shape index (κ2) is 6.00. The fourth-order valence-corrected chi connectivity index (χ4v) is 3.95. The van der Waals surface area contributed by atoms with Gasteiger partial charge in [-0.05, 0) is 56.9 Å². The Bertz CT molecular complexity index is 913. The molecule has 0 spiro atoms. The van der Waals surface area contributed by atoms with Crippen LogP contribution in [-0.2, 0) is 0 Å². The first-order valence-corrected chi connectivity index (χ1v) is 8.74. The fraction of sp³-hybridized carbons (Fsp3) is 0.182. The summed E-state index contributed by atoms with van der Waals surface area (Å²) in [6, 6.07) is 21.3. The Balaban J connectivity index is 1.93. The molecule has 3 aromatic rings. The summed E-state index contributed by atoms with van der Waals surface area (Å²) in [5.41, 5.74) is 8.63. The molecule has 0 saturated carbocycles. The Kier molecular flexibility index (Phi) is 3.80. The summed E-state index contributed by atoms with van der Waals surface area (Å²) in [4.78, 5) is 2.33. The molecule has 1 aliphatic heterocycles. The van der Waals surface area contributed by atoms with Crippen molar-refractivity contribution in [2.45, 2.75) is 27.7 Å². The number of para-hydroxylation sites is 2. The average Bonchev–Trinajstić information content (AvgIpc) is 2.95. The van der Waals surface area contributed by atoms with Crippen molar-refractivity contribution in [1.29, 1.82) is 0 Å². The van der Waals surface area contributed by atoms with Gasteiger partial charge in [0.25, 0.3) is 0 Å². The van der Waals surface area contributed by atoms with Gasteiger partial charge in [0.1, 0.15) is 5.75 Å². The van der Waals surface area contributed by atoms with Gasteiger partial charge in [-0.15, -0.1) is 0 Å². The van der Waals surface area contributed by atoms with Crippen molar-refractivity contribution in [3.8, 4) is 5.75 Å². The van der Waals surface area contributed by atoms with Gasteiger partial charge in [-0.2, -0.15) is 0 Å². The van der Waals surface area contributed by atoms with Gasteiger partial charge >= 0.3 is 7.05 Å². The van der Waals surface area contributed by atoms with E-state index in [0.29, 0.717) is 0 Å². The third kappa shape index (κ3) is 2.60. The van der Waals surface area contributed by atoms with Gasteiger partial charge in [-0.3, -0.25) is 0 Å². The monoisotopic (exact) mass is 327 g/mol. The molecule has 0 aliphatic carbocycles. The number of aryl methyl sites for hydroxylation is 4. The van der Waals surface area contributed by atoms with Crippen molar-refractivity contribution in [2.24, 2.45) is 0 Å². The first-order valence-electron chi connectivity index (χ1n) is 8.74. The number of nitrogens with zero attached hydrogens (tertiary/aromatic N) is 1. The molecular weight excluding hydrogens is 305 g/mol. The van der Waals surface area contributed by atoms with E-state index < -0.39 is 0 Å². The topological polar surface area (TPSA) is 12.5 Å². The molecule has 4 rings (SSSR count). The van der Waals surface area contributed by atoms with Crippen LogP contribution in [0.5, 0.6) is 5.75 Å². The van der Waals surface area contributed by atoms with Crippen LogP contribution in [0.3, 0.4) is 0 Å². The zero-order valence-electron chi connectivity index (χ0n) is 15.2. The Labute approximate surface area is 150 Å². The van der Waals surface area contributed by atoms with Crippen LogP contribution in [0.15, 0.2) is 60.7 Å². The molecule has 3 heteroatoms. The Morgan fingerprint density at radius 3 is 2.12 bits per heavy atom. The Morgan fingerprint density at radius 2 is 1.44 bits per heavy atom.